The average molecular weight is 127 g/mol. The largest absolute Gasteiger partial charge is 0.375 e. The molecule has 1 unspecified atom stereocenters. The second-order valence-corrected chi connectivity index (χ2v) is 2.36. The fourth-order valence-corrected chi connectivity index (χ4v) is 1.01. The summed E-state index contributed by atoms with van der Waals surface area (Å²) in [4.78, 5) is 2.17. The monoisotopic (exact) mass is 127 g/mol. The SMILES string of the molecule is C=CN1CCOC(C)C1. The first-order valence-corrected chi connectivity index (χ1v) is 3.31. The third-order valence-corrected chi connectivity index (χ3v) is 1.53. The Morgan fingerprint density at radius 3 is 3.00 bits per heavy atom. The van der Waals surface area contributed by atoms with E-state index in [0.29, 0.717) is 6.10 Å². The number of ether oxygens (including phenoxy) is 1. The first kappa shape index (κ1) is 6.62. The summed E-state index contributed by atoms with van der Waals surface area (Å²) in [6.07, 6.45) is 2.25. The lowest BCUT2D eigenvalue weighted by molar-refractivity contribution is -0.00118. The first-order valence-electron chi connectivity index (χ1n) is 3.31. The second kappa shape index (κ2) is 2.87. The number of hydrogen-bond acceptors (Lipinski definition) is 2. The maximum Gasteiger partial charge on any atom is 0.0722 e. The van der Waals surface area contributed by atoms with Gasteiger partial charge in [0.2, 0.25) is 0 Å². The fourth-order valence-electron chi connectivity index (χ4n) is 1.01. The van der Waals surface area contributed by atoms with Gasteiger partial charge in [0.05, 0.1) is 12.7 Å². The predicted molar refractivity (Wildman–Crippen MR) is 37.2 cm³/mol. The summed E-state index contributed by atoms with van der Waals surface area (Å²) in [7, 11) is 0. The van der Waals surface area contributed by atoms with Crippen molar-refractivity contribution < 1.29 is 4.74 Å². The van der Waals surface area contributed by atoms with Gasteiger partial charge in [-0.05, 0) is 13.1 Å². The van der Waals surface area contributed by atoms with Crippen molar-refractivity contribution in [1.82, 2.24) is 4.90 Å². The van der Waals surface area contributed by atoms with Gasteiger partial charge in [-0.15, -0.1) is 0 Å². The Morgan fingerprint density at radius 1 is 1.78 bits per heavy atom. The Balaban J connectivity index is 2.31. The van der Waals surface area contributed by atoms with E-state index in [0.717, 1.165) is 19.7 Å². The Hall–Kier alpha value is -0.500. The van der Waals surface area contributed by atoms with Crippen LogP contribution in [0.4, 0.5) is 0 Å². The molecule has 1 heterocycles. The van der Waals surface area contributed by atoms with Gasteiger partial charge in [0.15, 0.2) is 0 Å². The maximum absolute atomic E-state index is 5.32. The van der Waals surface area contributed by atoms with Crippen LogP contribution in [-0.2, 0) is 4.74 Å². The predicted octanol–water partition coefficient (Wildman–Crippen LogP) is 0.851. The van der Waals surface area contributed by atoms with Crippen LogP contribution in [0.1, 0.15) is 6.92 Å². The van der Waals surface area contributed by atoms with Crippen LogP contribution in [0.25, 0.3) is 0 Å². The molecule has 1 rings (SSSR count). The van der Waals surface area contributed by atoms with Gasteiger partial charge in [-0.3, -0.25) is 0 Å². The van der Waals surface area contributed by atoms with Crippen molar-refractivity contribution in [3.63, 3.8) is 0 Å². The normalized spacial score (nSPS) is 28.1. The molecule has 2 heteroatoms. The lowest BCUT2D eigenvalue weighted by Crippen LogP contribution is -2.37. The molecule has 0 amide bonds. The highest BCUT2D eigenvalue weighted by Crippen LogP contribution is 2.02. The molecule has 0 aliphatic carbocycles. The molecule has 2 nitrogen and oxygen atoms in total. The summed E-state index contributed by atoms with van der Waals surface area (Å²) in [6, 6.07) is 0. The van der Waals surface area contributed by atoms with Crippen molar-refractivity contribution in [2.45, 2.75) is 13.0 Å². The molecule has 0 aromatic carbocycles. The summed E-state index contributed by atoms with van der Waals surface area (Å²) in [5, 5.41) is 0. The van der Waals surface area contributed by atoms with Gasteiger partial charge < -0.3 is 9.64 Å². The molecule has 0 bridgehead atoms. The molecule has 9 heavy (non-hydrogen) atoms. The van der Waals surface area contributed by atoms with Crippen molar-refractivity contribution in [2.75, 3.05) is 19.7 Å². The van der Waals surface area contributed by atoms with E-state index < -0.39 is 0 Å². The summed E-state index contributed by atoms with van der Waals surface area (Å²) < 4.78 is 5.32. The third kappa shape index (κ3) is 1.72. The van der Waals surface area contributed by atoms with Gasteiger partial charge in [-0.2, -0.15) is 0 Å². The molecule has 1 aliphatic heterocycles. The third-order valence-electron chi connectivity index (χ3n) is 1.53. The second-order valence-electron chi connectivity index (χ2n) is 2.36. The zero-order chi connectivity index (χ0) is 6.69. The Kier molecular flexibility index (Phi) is 2.11. The highest BCUT2D eigenvalue weighted by molar-refractivity contribution is 4.76. The van der Waals surface area contributed by atoms with Crippen LogP contribution >= 0.6 is 0 Å². The molecule has 0 radical (unpaired) electrons. The van der Waals surface area contributed by atoms with E-state index in [1.807, 2.05) is 6.20 Å². The fraction of sp³-hybridized carbons (Fsp3) is 0.714. The Labute approximate surface area is 56.1 Å². The lowest BCUT2D eigenvalue weighted by atomic mass is 10.3. The van der Waals surface area contributed by atoms with E-state index in [4.69, 9.17) is 4.74 Å². The molecule has 0 spiro atoms. The molecule has 0 aromatic heterocycles. The topological polar surface area (TPSA) is 12.5 Å². The van der Waals surface area contributed by atoms with Gasteiger partial charge in [0.25, 0.3) is 0 Å². The van der Waals surface area contributed by atoms with Crippen LogP contribution in [0.5, 0.6) is 0 Å². The molecule has 52 valence electrons. The van der Waals surface area contributed by atoms with E-state index in [1.54, 1.807) is 0 Å². The summed E-state index contributed by atoms with van der Waals surface area (Å²) in [5.41, 5.74) is 0. The molecule has 0 aromatic rings. The van der Waals surface area contributed by atoms with E-state index in [9.17, 15) is 0 Å². The molecule has 0 N–H and O–H groups in total. The van der Waals surface area contributed by atoms with Crippen molar-refractivity contribution in [3.8, 4) is 0 Å². The van der Waals surface area contributed by atoms with E-state index >= 15 is 0 Å². The van der Waals surface area contributed by atoms with Gasteiger partial charge in [0, 0.05) is 13.1 Å². The van der Waals surface area contributed by atoms with Crippen LogP contribution in [0.15, 0.2) is 12.8 Å². The molecular formula is C7H13NO. The van der Waals surface area contributed by atoms with Gasteiger partial charge >= 0.3 is 0 Å². The summed E-state index contributed by atoms with van der Waals surface area (Å²) in [5.74, 6) is 0. The zero-order valence-electron chi connectivity index (χ0n) is 5.84. The van der Waals surface area contributed by atoms with Crippen LogP contribution in [0.3, 0.4) is 0 Å². The maximum atomic E-state index is 5.32. The van der Waals surface area contributed by atoms with Crippen LogP contribution in [0, 0.1) is 0 Å². The van der Waals surface area contributed by atoms with Crippen molar-refractivity contribution in [1.29, 1.82) is 0 Å². The Bertz CT molecular complexity index is 103. The molecule has 1 atom stereocenters. The number of nitrogens with zero attached hydrogens (tertiary/aromatic N) is 1. The van der Waals surface area contributed by atoms with Crippen molar-refractivity contribution in [3.05, 3.63) is 12.8 Å². The molecule has 1 fully saturated rings. The number of rotatable bonds is 1. The summed E-state index contributed by atoms with van der Waals surface area (Å²) >= 11 is 0. The quantitative estimate of drug-likeness (QED) is 0.517. The smallest absolute Gasteiger partial charge is 0.0722 e. The van der Waals surface area contributed by atoms with E-state index in [1.165, 1.54) is 0 Å². The van der Waals surface area contributed by atoms with Gasteiger partial charge in [-0.25, -0.2) is 0 Å². The summed E-state index contributed by atoms with van der Waals surface area (Å²) in [6.45, 7) is 8.59. The van der Waals surface area contributed by atoms with E-state index in [2.05, 4.69) is 18.4 Å². The molecule has 0 saturated carbocycles. The minimum atomic E-state index is 0.372. The van der Waals surface area contributed by atoms with E-state index in [-0.39, 0.29) is 0 Å². The zero-order valence-corrected chi connectivity index (χ0v) is 5.84. The molecular weight excluding hydrogens is 114 g/mol. The standard InChI is InChI=1S/C7H13NO/c1-3-8-4-5-9-7(2)6-8/h3,7H,1,4-6H2,2H3. The van der Waals surface area contributed by atoms with Gasteiger partial charge in [0.1, 0.15) is 0 Å². The number of hydrogen-bond donors (Lipinski definition) is 0. The lowest BCUT2D eigenvalue weighted by Gasteiger charge is -2.29. The minimum Gasteiger partial charge on any atom is -0.375 e. The van der Waals surface area contributed by atoms with Crippen molar-refractivity contribution >= 4 is 0 Å². The molecule has 1 saturated heterocycles. The highest BCUT2D eigenvalue weighted by atomic mass is 16.5. The Morgan fingerprint density at radius 2 is 2.56 bits per heavy atom. The average Bonchev–Trinajstić information content (AvgIpc) is 1.88. The van der Waals surface area contributed by atoms with Crippen LogP contribution < -0.4 is 0 Å². The highest BCUT2D eigenvalue weighted by Gasteiger charge is 2.11. The minimum absolute atomic E-state index is 0.372. The first-order chi connectivity index (χ1) is 4.33. The molecule has 1 aliphatic rings. The number of morpholine rings is 1. The van der Waals surface area contributed by atoms with Crippen LogP contribution in [0.2, 0.25) is 0 Å². The van der Waals surface area contributed by atoms with Gasteiger partial charge in [-0.1, -0.05) is 6.58 Å². The van der Waals surface area contributed by atoms with Crippen molar-refractivity contribution in [2.24, 2.45) is 0 Å². The van der Waals surface area contributed by atoms with Crippen LogP contribution in [-0.4, -0.2) is 30.7 Å².